The van der Waals surface area contributed by atoms with Crippen molar-refractivity contribution in [3.8, 4) is 0 Å². The zero-order chi connectivity index (χ0) is 25.8. The third-order valence-corrected chi connectivity index (χ3v) is 5.87. The van der Waals surface area contributed by atoms with Crippen LogP contribution in [0.5, 0.6) is 0 Å². The highest BCUT2D eigenvalue weighted by Crippen LogP contribution is 2.28. The van der Waals surface area contributed by atoms with E-state index in [0.717, 1.165) is 11.5 Å². The molecule has 0 radical (unpaired) electrons. The standard InChI is InChI=1S/C27H34ClN5O2/c1-26(2,3)19-10-12-20(13-11-19)31-24(22(29-7)25(34)35-27(4,5)6)33-17-15-32(16-18-33)23-21(28)9-8-14-30-23/h8-14,31H,15-18H2,1-6H3. The van der Waals surface area contributed by atoms with Crippen LogP contribution < -0.4 is 10.2 Å². The number of hydrogen-bond acceptors (Lipinski definition) is 6. The predicted octanol–water partition coefficient (Wildman–Crippen LogP) is 5.70. The Morgan fingerprint density at radius 3 is 2.20 bits per heavy atom. The molecule has 0 bridgehead atoms. The number of piperazine rings is 1. The number of hydrogen-bond donors (Lipinski definition) is 1. The van der Waals surface area contributed by atoms with Gasteiger partial charge in [0.05, 0.1) is 11.6 Å². The van der Waals surface area contributed by atoms with E-state index in [1.807, 2.05) is 23.1 Å². The molecular formula is C27H34ClN5O2. The van der Waals surface area contributed by atoms with Crippen LogP contribution in [0.15, 0.2) is 54.1 Å². The second kappa shape index (κ2) is 10.6. The zero-order valence-electron chi connectivity index (χ0n) is 21.4. The summed E-state index contributed by atoms with van der Waals surface area (Å²) in [5.41, 5.74) is 1.25. The summed E-state index contributed by atoms with van der Waals surface area (Å²) in [6, 6.07) is 11.7. The van der Waals surface area contributed by atoms with Crippen molar-refractivity contribution in [2.24, 2.45) is 0 Å². The quantitative estimate of drug-likeness (QED) is 0.326. The Hall–Kier alpha value is -3.24. The Balaban J connectivity index is 1.90. The van der Waals surface area contributed by atoms with Gasteiger partial charge in [-0.3, -0.25) is 4.79 Å². The number of anilines is 2. The molecule has 1 aliphatic rings. The van der Waals surface area contributed by atoms with Crippen molar-refractivity contribution >= 4 is 29.1 Å². The second-order valence-corrected chi connectivity index (χ2v) is 11.0. The van der Waals surface area contributed by atoms with Crippen LogP contribution in [-0.4, -0.2) is 47.6 Å². The molecule has 1 aromatic heterocycles. The Kier molecular flexibility index (Phi) is 7.97. The first-order chi connectivity index (χ1) is 16.4. The van der Waals surface area contributed by atoms with Crippen molar-refractivity contribution in [3.63, 3.8) is 0 Å². The molecule has 1 N–H and O–H groups in total. The number of aromatic nitrogens is 1. The van der Waals surface area contributed by atoms with Crippen LogP contribution in [0.4, 0.5) is 11.5 Å². The molecule has 186 valence electrons. The van der Waals surface area contributed by atoms with Crippen molar-refractivity contribution in [3.05, 3.63) is 76.1 Å². The van der Waals surface area contributed by atoms with E-state index in [0.29, 0.717) is 37.0 Å². The van der Waals surface area contributed by atoms with Gasteiger partial charge < -0.3 is 19.9 Å². The lowest BCUT2D eigenvalue weighted by Crippen LogP contribution is -2.48. The molecule has 1 aliphatic heterocycles. The molecule has 2 heterocycles. The number of pyridine rings is 1. The van der Waals surface area contributed by atoms with Crippen LogP contribution in [-0.2, 0) is 14.9 Å². The van der Waals surface area contributed by atoms with Crippen LogP contribution in [0, 0.1) is 6.57 Å². The lowest BCUT2D eigenvalue weighted by Gasteiger charge is -2.38. The molecule has 0 atom stereocenters. The Bertz CT molecular complexity index is 1120. The first kappa shape index (κ1) is 26.4. The van der Waals surface area contributed by atoms with E-state index in [1.54, 1.807) is 33.0 Å². The van der Waals surface area contributed by atoms with Crippen LogP contribution >= 0.6 is 11.6 Å². The fourth-order valence-corrected chi connectivity index (χ4v) is 3.99. The molecule has 0 unspecified atom stereocenters. The summed E-state index contributed by atoms with van der Waals surface area (Å²) in [5.74, 6) is 0.545. The molecule has 1 fully saturated rings. The van der Waals surface area contributed by atoms with Crippen molar-refractivity contribution in [1.29, 1.82) is 0 Å². The smallest absolute Gasteiger partial charge is 0.340 e. The molecule has 0 spiro atoms. The summed E-state index contributed by atoms with van der Waals surface area (Å²) in [6.07, 6.45) is 1.72. The first-order valence-corrected chi connectivity index (χ1v) is 12.1. The molecule has 3 rings (SSSR count). The molecule has 7 nitrogen and oxygen atoms in total. The van der Waals surface area contributed by atoms with Gasteiger partial charge in [0.25, 0.3) is 0 Å². The number of rotatable bonds is 5. The lowest BCUT2D eigenvalue weighted by molar-refractivity contribution is -0.149. The maximum Gasteiger partial charge on any atom is 0.340 e. The molecule has 0 aliphatic carbocycles. The minimum Gasteiger partial charge on any atom is -0.465 e. The van der Waals surface area contributed by atoms with E-state index >= 15 is 0 Å². The summed E-state index contributed by atoms with van der Waals surface area (Å²) in [4.78, 5) is 25.1. The van der Waals surface area contributed by atoms with Crippen molar-refractivity contribution < 1.29 is 9.53 Å². The molecule has 1 saturated heterocycles. The Labute approximate surface area is 213 Å². The number of benzene rings is 1. The van der Waals surface area contributed by atoms with E-state index in [9.17, 15) is 4.79 Å². The van der Waals surface area contributed by atoms with Crippen molar-refractivity contribution in [2.45, 2.75) is 52.6 Å². The summed E-state index contributed by atoms with van der Waals surface area (Å²) < 4.78 is 5.56. The average Bonchev–Trinajstić information content (AvgIpc) is 2.78. The number of carbonyl (C=O) groups excluding carboxylic acids is 1. The number of carbonyl (C=O) groups is 1. The highest BCUT2D eigenvalue weighted by Gasteiger charge is 2.29. The SMILES string of the molecule is [C-]#[N+]C(C(=O)OC(C)(C)C)=C(Nc1ccc(C(C)(C)C)cc1)N1CCN(c2ncccc2Cl)CC1. The second-order valence-electron chi connectivity index (χ2n) is 10.5. The monoisotopic (exact) mass is 495 g/mol. The maximum absolute atomic E-state index is 13.0. The van der Waals surface area contributed by atoms with Gasteiger partial charge in [-0.25, -0.2) is 9.83 Å². The van der Waals surface area contributed by atoms with Crippen LogP contribution in [0.25, 0.3) is 4.85 Å². The number of nitrogens with one attached hydrogen (secondary N) is 1. The van der Waals surface area contributed by atoms with Crippen molar-refractivity contribution in [1.82, 2.24) is 9.88 Å². The average molecular weight is 496 g/mol. The Morgan fingerprint density at radius 1 is 1.06 bits per heavy atom. The number of esters is 1. The highest BCUT2D eigenvalue weighted by molar-refractivity contribution is 6.32. The fraction of sp³-hybridized carbons (Fsp3) is 0.444. The number of halogens is 1. The minimum absolute atomic E-state index is 0.0263. The molecule has 2 aromatic rings. The summed E-state index contributed by atoms with van der Waals surface area (Å²) in [7, 11) is 0. The molecule has 8 heteroatoms. The van der Waals surface area contributed by atoms with Crippen LogP contribution in [0.1, 0.15) is 47.1 Å². The molecule has 0 saturated carbocycles. The van der Waals surface area contributed by atoms with Gasteiger partial charge in [0.15, 0.2) is 0 Å². The van der Waals surface area contributed by atoms with Gasteiger partial charge in [0.2, 0.25) is 0 Å². The fourth-order valence-electron chi connectivity index (χ4n) is 3.75. The molecule has 1 aromatic carbocycles. The molecule has 0 amide bonds. The first-order valence-electron chi connectivity index (χ1n) is 11.7. The van der Waals surface area contributed by atoms with Crippen molar-refractivity contribution in [2.75, 3.05) is 36.4 Å². The highest BCUT2D eigenvalue weighted by atomic mass is 35.5. The van der Waals surface area contributed by atoms with Gasteiger partial charge in [-0.2, -0.15) is 0 Å². The largest absolute Gasteiger partial charge is 0.465 e. The van der Waals surface area contributed by atoms with Gasteiger partial charge in [-0.05, 0) is 56.0 Å². The van der Waals surface area contributed by atoms with Gasteiger partial charge >= 0.3 is 11.7 Å². The Morgan fingerprint density at radius 2 is 1.69 bits per heavy atom. The molecule has 35 heavy (non-hydrogen) atoms. The minimum atomic E-state index is -0.707. The number of nitrogens with zero attached hydrogens (tertiary/aromatic N) is 4. The molecular weight excluding hydrogens is 462 g/mol. The summed E-state index contributed by atoms with van der Waals surface area (Å²) >= 11 is 6.34. The lowest BCUT2D eigenvalue weighted by atomic mass is 9.87. The summed E-state index contributed by atoms with van der Waals surface area (Å²) in [5, 5.41) is 3.94. The third-order valence-electron chi connectivity index (χ3n) is 5.58. The summed E-state index contributed by atoms with van der Waals surface area (Å²) in [6.45, 7) is 22.1. The maximum atomic E-state index is 13.0. The van der Waals surface area contributed by atoms with Crippen LogP contribution in [0.2, 0.25) is 5.02 Å². The third kappa shape index (κ3) is 6.89. The number of ether oxygens (including phenoxy) is 1. The van der Waals surface area contributed by atoms with E-state index in [4.69, 9.17) is 22.9 Å². The van der Waals surface area contributed by atoms with E-state index in [1.165, 1.54) is 5.56 Å². The predicted molar refractivity (Wildman–Crippen MR) is 141 cm³/mol. The van der Waals surface area contributed by atoms with Gasteiger partial charge in [-0.15, -0.1) is 0 Å². The topological polar surface area (TPSA) is 62.1 Å². The van der Waals surface area contributed by atoms with Gasteiger partial charge in [-0.1, -0.05) is 44.5 Å². The van der Waals surface area contributed by atoms with E-state index < -0.39 is 11.6 Å². The normalized spacial score (nSPS) is 15.3. The van der Waals surface area contributed by atoms with E-state index in [-0.39, 0.29) is 11.1 Å². The zero-order valence-corrected chi connectivity index (χ0v) is 22.1. The van der Waals surface area contributed by atoms with Gasteiger partial charge in [0.1, 0.15) is 17.2 Å². The van der Waals surface area contributed by atoms with Gasteiger partial charge in [0, 0.05) is 38.1 Å². The van der Waals surface area contributed by atoms with E-state index in [2.05, 4.69) is 52.9 Å². The van der Waals surface area contributed by atoms with Crippen LogP contribution in [0.3, 0.4) is 0 Å².